The standard InChI is InChI=1S/C2HS.5FH/c1-2-3;;;;;/h1H;5*1H. The van der Waals surface area contributed by atoms with Crippen LogP contribution in [0.4, 0.5) is 23.5 Å². The summed E-state index contributed by atoms with van der Waals surface area (Å²) in [5, 5.41) is 1.83. The Bertz CT molecular complexity index is 31.9. The molecule has 0 aliphatic heterocycles. The van der Waals surface area contributed by atoms with Crippen LogP contribution in [0.1, 0.15) is 0 Å². The van der Waals surface area contributed by atoms with Gasteiger partial charge in [-0.05, 0) is 17.9 Å². The lowest BCUT2D eigenvalue weighted by atomic mass is 11.4. The van der Waals surface area contributed by atoms with E-state index in [1.165, 1.54) is 0 Å². The first-order valence-corrected chi connectivity index (χ1v) is 0.901. The minimum absolute atomic E-state index is 0. The van der Waals surface area contributed by atoms with E-state index in [1.54, 1.807) is 0 Å². The van der Waals surface area contributed by atoms with Crippen molar-refractivity contribution in [2.75, 3.05) is 0 Å². The van der Waals surface area contributed by atoms with E-state index in [0.29, 0.717) is 0 Å². The van der Waals surface area contributed by atoms with E-state index in [-0.39, 0.29) is 23.5 Å². The molecule has 0 heterocycles. The number of hydrogen-bond acceptors (Lipinski definition) is 0. The van der Waals surface area contributed by atoms with Crippen LogP contribution in [0, 0.1) is 11.7 Å². The lowest BCUT2D eigenvalue weighted by molar-refractivity contribution is 1.11. The van der Waals surface area contributed by atoms with Gasteiger partial charge >= 0.3 is 0 Å². The fourth-order valence-corrected chi connectivity index (χ4v) is 0. The number of halogens is 5. The lowest BCUT2D eigenvalue weighted by Crippen LogP contribution is -0.963. The van der Waals surface area contributed by atoms with Crippen LogP contribution in [-0.2, 0) is 0 Å². The number of hydrogen-bond donors (Lipinski definition) is 0. The molecule has 0 amide bonds. The zero-order valence-corrected chi connectivity index (χ0v) is 4.34. The van der Waals surface area contributed by atoms with Gasteiger partial charge in [0.05, 0.1) is 0 Å². The minimum Gasteiger partial charge on any atom is -0.269 e. The minimum atomic E-state index is 0. The van der Waals surface area contributed by atoms with Crippen molar-refractivity contribution in [3.8, 4) is 11.7 Å². The van der Waals surface area contributed by atoms with E-state index in [9.17, 15) is 0 Å². The first kappa shape index (κ1) is 150. The van der Waals surface area contributed by atoms with Gasteiger partial charge in [-0.25, -0.2) is 0 Å². The average Bonchev–Trinajstić information content (AvgIpc) is 0.918. The summed E-state index contributed by atoms with van der Waals surface area (Å²) in [6, 6.07) is 0. The number of terminal acetylenes is 1. The summed E-state index contributed by atoms with van der Waals surface area (Å²) >= 11 is 3.92. The molecule has 0 saturated heterocycles. The van der Waals surface area contributed by atoms with Gasteiger partial charge in [0.25, 0.3) is 0 Å². The molecule has 0 aromatic carbocycles. The molecule has 0 bridgehead atoms. The maximum absolute atomic E-state index is 4.41. The summed E-state index contributed by atoms with van der Waals surface area (Å²) in [7, 11) is 0. The van der Waals surface area contributed by atoms with Crippen LogP contribution in [0.15, 0.2) is 0 Å². The quantitative estimate of drug-likeness (QED) is 0.369. The van der Waals surface area contributed by atoms with Crippen molar-refractivity contribution in [1.29, 1.82) is 0 Å². The van der Waals surface area contributed by atoms with Crippen LogP contribution < -0.4 is 0 Å². The third-order valence-corrected chi connectivity index (χ3v) is 0. The molecule has 0 spiro atoms. The number of rotatable bonds is 0. The van der Waals surface area contributed by atoms with Gasteiger partial charge in [-0.3, -0.25) is 23.5 Å². The smallest absolute Gasteiger partial charge is 0.00294 e. The molecule has 0 rings (SSSR count). The van der Waals surface area contributed by atoms with Crippen molar-refractivity contribution in [3.63, 3.8) is 0 Å². The Labute approximate surface area is 48.9 Å². The zero-order chi connectivity index (χ0) is 2.71. The topological polar surface area (TPSA) is 0 Å². The molecule has 0 fully saturated rings. The second kappa shape index (κ2) is 1030. The molecule has 0 unspecified atom stereocenters. The van der Waals surface area contributed by atoms with Crippen LogP contribution >= 0.6 is 12.6 Å². The van der Waals surface area contributed by atoms with E-state index in [2.05, 4.69) is 19.1 Å². The third-order valence-electron chi connectivity index (χ3n) is 0. The van der Waals surface area contributed by atoms with Gasteiger partial charge in [0.15, 0.2) is 0 Å². The second-order valence-electron chi connectivity index (χ2n) is 0.118. The molecule has 8 heavy (non-hydrogen) atoms. The first-order valence-electron chi connectivity index (χ1n) is 0.493. The Kier molecular flexibility index (Phi) is 19300. The van der Waals surface area contributed by atoms with Gasteiger partial charge in [0.1, 0.15) is 0 Å². The van der Waals surface area contributed by atoms with Gasteiger partial charge in [-0.2, -0.15) is 0 Å². The molecule has 55 valence electrons. The molecule has 0 aromatic rings. The normalized spacial score (nSPS) is 0.875. The van der Waals surface area contributed by atoms with Gasteiger partial charge < -0.3 is 0 Å². The SMILES string of the molecule is C#C[S].F.F.F.F.F. The summed E-state index contributed by atoms with van der Waals surface area (Å²) in [6.07, 6.45) is 4.41. The van der Waals surface area contributed by atoms with Crippen molar-refractivity contribution in [1.82, 2.24) is 0 Å². The maximum atomic E-state index is 4.41. The molecule has 0 saturated carbocycles. The molecule has 0 aliphatic rings. The van der Waals surface area contributed by atoms with E-state index >= 15 is 0 Å². The van der Waals surface area contributed by atoms with E-state index < -0.39 is 0 Å². The summed E-state index contributed by atoms with van der Waals surface area (Å²) in [5.74, 6) is 0. The van der Waals surface area contributed by atoms with Crippen molar-refractivity contribution in [3.05, 3.63) is 0 Å². The van der Waals surface area contributed by atoms with E-state index in [0.717, 1.165) is 0 Å². The molecule has 0 atom stereocenters. The lowest BCUT2D eigenvalue weighted by Gasteiger charge is -1.18. The predicted octanol–water partition coefficient (Wildman–Crippen LogP) is 1.54. The summed E-state index contributed by atoms with van der Waals surface area (Å²) in [5.41, 5.74) is 0. The van der Waals surface area contributed by atoms with E-state index in [1.807, 2.05) is 5.25 Å². The average molecular weight is 157 g/mol. The second-order valence-corrected chi connectivity index (χ2v) is 0.354. The molecular weight excluding hydrogens is 151 g/mol. The molecular formula is C2H6F5S. The first-order chi connectivity index (χ1) is 1.41. The maximum Gasteiger partial charge on any atom is -0.00294 e. The monoisotopic (exact) mass is 157 g/mol. The molecule has 0 nitrogen and oxygen atoms in total. The van der Waals surface area contributed by atoms with Crippen LogP contribution in [0.3, 0.4) is 0 Å². The highest BCUT2D eigenvalue weighted by atomic mass is 32.1. The van der Waals surface area contributed by atoms with Crippen molar-refractivity contribution in [2.24, 2.45) is 0 Å². The van der Waals surface area contributed by atoms with E-state index in [4.69, 9.17) is 0 Å². The fraction of sp³-hybridized carbons (Fsp3) is 0. The third kappa shape index (κ3) is 328. The summed E-state index contributed by atoms with van der Waals surface area (Å²) in [6.45, 7) is 0. The highest BCUT2D eigenvalue weighted by Gasteiger charge is 1.13. The Morgan fingerprint density at radius 3 is 0.875 bits per heavy atom. The van der Waals surface area contributed by atoms with Crippen LogP contribution in [0.5, 0.6) is 0 Å². The molecule has 1 radical (unpaired) electrons. The fourth-order valence-electron chi connectivity index (χ4n) is 0. The van der Waals surface area contributed by atoms with Crippen molar-refractivity contribution >= 4 is 12.6 Å². The largest absolute Gasteiger partial charge is 0.269 e. The highest BCUT2D eigenvalue weighted by Crippen LogP contribution is 1.46. The molecule has 6 heteroatoms. The van der Waals surface area contributed by atoms with Crippen LogP contribution in [0.2, 0.25) is 0 Å². The summed E-state index contributed by atoms with van der Waals surface area (Å²) < 4.78 is 0. The van der Waals surface area contributed by atoms with Crippen LogP contribution in [-0.4, -0.2) is 0 Å². The molecule has 0 aliphatic carbocycles. The highest BCUT2D eigenvalue weighted by molar-refractivity contribution is 7.85. The van der Waals surface area contributed by atoms with Gasteiger partial charge in [-0.15, -0.1) is 6.42 Å². The Morgan fingerprint density at radius 1 is 0.875 bits per heavy atom. The van der Waals surface area contributed by atoms with Gasteiger partial charge in [-0.1, -0.05) is 0 Å². The predicted molar refractivity (Wildman–Crippen MR) is 28.9 cm³/mol. The Balaban J connectivity index is -0.00000000200. The molecule has 0 aromatic heterocycles. The van der Waals surface area contributed by atoms with Gasteiger partial charge in [0.2, 0.25) is 0 Å². The van der Waals surface area contributed by atoms with Crippen LogP contribution in [0.25, 0.3) is 0 Å². The summed E-state index contributed by atoms with van der Waals surface area (Å²) in [4.78, 5) is 0. The zero-order valence-electron chi connectivity index (χ0n) is 3.53. The van der Waals surface area contributed by atoms with Gasteiger partial charge in [0, 0.05) is 0 Å². The van der Waals surface area contributed by atoms with Crippen molar-refractivity contribution in [2.45, 2.75) is 0 Å². The molecule has 0 N–H and O–H groups in total. The van der Waals surface area contributed by atoms with Crippen molar-refractivity contribution < 1.29 is 23.5 Å². The Morgan fingerprint density at radius 2 is 0.875 bits per heavy atom. The Hall–Kier alpha value is -0.570.